The van der Waals surface area contributed by atoms with Crippen molar-refractivity contribution < 1.29 is 19.4 Å². The fourth-order valence-electron chi connectivity index (χ4n) is 3.93. The van der Waals surface area contributed by atoms with Gasteiger partial charge >= 0.3 is 5.97 Å². The number of aliphatic carboxylic acids is 1. The maximum atomic E-state index is 12.6. The zero-order valence-electron chi connectivity index (χ0n) is 14.5. The number of carboxylic acid groups (broad SMARTS) is 1. The number of amides is 1. The van der Waals surface area contributed by atoms with E-state index < -0.39 is 5.97 Å². The van der Waals surface area contributed by atoms with Crippen molar-refractivity contribution in [3.8, 4) is 0 Å². The second-order valence-corrected chi connectivity index (χ2v) is 7.40. The highest BCUT2D eigenvalue weighted by Gasteiger charge is 2.30. The summed E-state index contributed by atoms with van der Waals surface area (Å²) in [5, 5.41) is 8.81. The Kier molecular flexibility index (Phi) is 6.88. The molecule has 4 atom stereocenters. The molecule has 5 heteroatoms. The van der Waals surface area contributed by atoms with Crippen molar-refractivity contribution in [2.75, 3.05) is 13.1 Å². The molecule has 1 aliphatic heterocycles. The van der Waals surface area contributed by atoms with Gasteiger partial charge in [0.25, 0.3) is 5.91 Å². The molecule has 2 aliphatic rings. The van der Waals surface area contributed by atoms with Gasteiger partial charge in [-0.15, -0.1) is 0 Å². The maximum Gasteiger partial charge on any atom is 0.303 e. The van der Waals surface area contributed by atoms with Crippen molar-refractivity contribution >= 4 is 11.9 Å². The van der Waals surface area contributed by atoms with Gasteiger partial charge in [0.05, 0.1) is 6.10 Å². The van der Waals surface area contributed by atoms with Crippen molar-refractivity contribution in [2.24, 2.45) is 11.8 Å². The highest BCUT2D eigenvalue weighted by Crippen LogP contribution is 2.27. The van der Waals surface area contributed by atoms with E-state index in [1.54, 1.807) is 0 Å². The molecule has 0 aromatic rings. The lowest BCUT2D eigenvalue weighted by atomic mass is 9.88. The number of piperidine rings is 1. The monoisotopic (exact) mass is 325 g/mol. The summed E-state index contributed by atoms with van der Waals surface area (Å²) in [6.07, 6.45) is 7.23. The first-order chi connectivity index (χ1) is 11.0. The lowest BCUT2D eigenvalue weighted by Crippen LogP contribution is -2.46. The minimum absolute atomic E-state index is 0.0725. The Bertz CT molecular complexity index is 412. The summed E-state index contributed by atoms with van der Waals surface area (Å²) in [7, 11) is 0. The third-order valence-corrected chi connectivity index (χ3v) is 5.23. The smallest absolute Gasteiger partial charge is 0.303 e. The summed E-state index contributed by atoms with van der Waals surface area (Å²) in [5.41, 5.74) is 0. The van der Waals surface area contributed by atoms with Crippen LogP contribution in [-0.4, -0.2) is 47.2 Å². The summed E-state index contributed by atoms with van der Waals surface area (Å²) in [5.74, 6) is 0.317. The molecule has 23 heavy (non-hydrogen) atoms. The number of nitrogens with zero attached hydrogens (tertiary/aromatic N) is 1. The van der Waals surface area contributed by atoms with Gasteiger partial charge in [-0.3, -0.25) is 9.59 Å². The van der Waals surface area contributed by atoms with Gasteiger partial charge in [-0.1, -0.05) is 19.8 Å². The summed E-state index contributed by atoms with van der Waals surface area (Å²) in [4.78, 5) is 25.2. The molecule has 2 rings (SSSR count). The fourth-order valence-corrected chi connectivity index (χ4v) is 3.93. The van der Waals surface area contributed by atoms with Crippen LogP contribution in [-0.2, 0) is 14.3 Å². The Morgan fingerprint density at radius 3 is 2.74 bits per heavy atom. The first-order valence-corrected chi connectivity index (χ1v) is 9.11. The molecule has 132 valence electrons. The minimum Gasteiger partial charge on any atom is -0.481 e. The molecule has 0 unspecified atom stereocenters. The molecule has 1 aliphatic carbocycles. The van der Waals surface area contributed by atoms with E-state index in [9.17, 15) is 9.59 Å². The summed E-state index contributed by atoms with van der Waals surface area (Å²) in [6.45, 7) is 5.57. The van der Waals surface area contributed by atoms with Gasteiger partial charge in [-0.05, 0) is 50.9 Å². The van der Waals surface area contributed by atoms with Crippen LogP contribution in [0.3, 0.4) is 0 Å². The quantitative estimate of drug-likeness (QED) is 0.815. The molecule has 0 aromatic carbocycles. The van der Waals surface area contributed by atoms with Crippen molar-refractivity contribution in [3.05, 3.63) is 0 Å². The van der Waals surface area contributed by atoms with Gasteiger partial charge in [0.15, 0.2) is 0 Å². The van der Waals surface area contributed by atoms with Crippen LogP contribution in [0.5, 0.6) is 0 Å². The number of hydrogen-bond donors (Lipinski definition) is 1. The zero-order valence-corrected chi connectivity index (χ0v) is 14.5. The van der Waals surface area contributed by atoms with E-state index in [0.717, 1.165) is 32.2 Å². The highest BCUT2D eigenvalue weighted by atomic mass is 16.5. The Labute approximate surface area is 139 Å². The maximum absolute atomic E-state index is 12.6. The van der Waals surface area contributed by atoms with Crippen molar-refractivity contribution in [3.63, 3.8) is 0 Å². The molecule has 0 spiro atoms. The highest BCUT2D eigenvalue weighted by molar-refractivity contribution is 5.80. The second kappa shape index (κ2) is 8.67. The average Bonchev–Trinajstić information content (AvgIpc) is 2.52. The van der Waals surface area contributed by atoms with Gasteiger partial charge < -0.3 is 14.7 Å². The van der Waals surface area contributed by atoms with E-state index in [1.165, 1.54) is 12.8 Å². The normalized spacial score (nSPS) is 30.0. The van der Waals surface area contributed by atoms with Crippen molar-refractivity contribution in [1.82, 2.24) is 4.90 Å². The van der Waals surface area contributed by atoms with E-state index >= 15 is 0 Å². The largest absolute Gasteiger partial charge is 0.481 e. The van der Waals surface area contributed by atoms with E-state index in [1.807, 2.05) is 11.8 Å². The standard InChI is InChI=1S/C18H31NO4/c1-13-5-3-7-16(11-13)23-14(2)18(22)19-10-4-6-15(12-19)8-9-17(20)21/h13-16H,3-12H2,1-2H3,(H,20,21)/t13-,14-,15-,16+/m1/s1. The number of carbonyl (C=O) groups is 2. The van der Waals surface area contributed by atoms with Crippen LogP contribution in [0.25, 0.3) is 0 Å². The van der Waals surface area contributed by atoms with Gasteiger partial charge in [-0.25, -0.2) is 0 Å². The van der Waals surface area contributed by atoms with E-state index in [2.05, 4.69) is 6.92 Å². The predicted molar refractivity (Wildman–Crippen MR) is 88.1 cm³/mol. The summed E-state index contributed by atoms with van der Waals surface area (Å²) < 4.78 is 6.02. The van der Waals surface area contributed by atoms with Crippen LogP contribution < -0.4 is 0 Å². The molecular formula is C18H31NO4. The molecule has 1 N–H and O–H groups in total. The topological polar surface area (TPSA) is 66.8 Å². The van der Waals surface area contributed by atoms with Crippen LogP contribution in [0, 0.1) is 11.8 Å². The predicted octanol–water partition coefficient (Wildman–Crippen LogP) is 3.07. The molecule has 1 heterocycles. The van der Waals surface area contributed by atoms with Gasteiger partial charge in [0.1, 0.15) is 6.10 Å². The molecule has 5 nitrogen and oxygen atoms in total. The van der Waals surface area contributed by atoms with E-state index in [4.69, 9.17) is 9.84 Å². The number of likely N-dealkylation sites (tertiary alicyclic amines) is 1. The Morgan fingerprint density at radius 2 is 2.04 bits per heavy atom. The second-order valence-electron chi connectivity index (χ2n) is 7.40. The van der Waals surface area contributed by atoms with Gasteiger partial charge in [0, 0.05) is 19.5 Å². The first kappa shape index (κ1) is 18.2. The third kappa shape index (κ3) is 5.79. The molecule has 1 saturated carbocycles. The Balaban J connectivity index is 1.79. The number of rotatable bonds is 6. The van der Waals surface area contributed by atoms with Crippen molar-refractivity contribution in [2.45, 2.75) is 77.4 Å². The van der Waals surface area contributed by atoms with Gasteiger partial charge in [0.2, 0.25) is 0 Å². The third-order valence-electron chi connectivity index (χ3n) is 5.23. The summed E-state index contributed by atoms with van der Waals surface area (Å²) >= 11 is 0. The molecular weight excluding hydrogens is 294 g/mol. The fraction of sp³-hybridized carbons (Fsp3) is 0.889. The van der Waals surface area contributed by atoms with E-state index in [-0.39, 0.29) is 24.5 Å². The van der Waals surface area contributed by atoms with E-state index in [0.29, 0.717) is 24.8 Å². The van der Waals surface area contributed by atoms with Crippen molar-refractivity contribution in [1.29, 1.82) is 0 Å². The lowest BCUT2D eigenvalue weighted by molar-refractivity contribution is -0.149. The molecule has 0 bridgehead atoms. The molecule has 1 amide bonds. The molecule has 2 fully saturated rings. The number of hydrogen-bond acceptors (Lipinski definition) is 3. The van der Waals surface area contributed by atoms with Crippen LogP contribution in [0.2, 0.25) is 0 Å². The SMILES string of the molecule is C[C@@H]1CCC[C@H](O[C@H](C)C(=O)N2CCC[C@H](CCC(=O)O)C2)C1. The molecule has 1 saturated heterocycles. The lowest BCUT2D eigenvalue weighted by Gasteiger charge is -2.35. The Morgan fingerprint density at radius 1 is 1.26 bits per heavy atom. The number of ether oxygens (including phenoxy) is 1. The number of carboxylic acids is 1. The summed E-state index contributed by atoms with van der Waals surface area (Å²) in [6, 6.07) is 0. The van der Waals surface area contributed by atoms with Gasteiger partial charge in [-0.2, -0.15) is 0 Å². The minimum atomic E-state index is -0.753. The van der Waals surface area contributed by atoms with Crippen LogP contribution in [0.4, 0.5) is 0 Å². The average molecular weight is 325 g/mol. The first-order valence-electron chi connectivity index (χ1n) is 9.11. The van der Waals surface area contributed by atoms with Crippen LogP contribution >= 0.6 is 0 Å². The van der Waals surface area contributed by atoms with Crippen LogP contribution in [0.15, 0.2) is 0 Å². The molecule has 0 aromatic heterocycles. The van der Waals surface area contributed by atoms with Crippen LogP contribution in [0.1, 0.15) is 65.2 Å². The molecule has 0 radical (unpaired) electrons. The Hall–Kier alpha value is -1.10. The zero-order chi connectivity index (χ0) is 16.8. The number of carbonyl (C=O) groups excluding carboxylic acids is 1.